The summed E-state index contributed by atoms with van der Waals surface area (Å²) >= 11 is 0. The van der Waals surface area contributed by atoms with Gasteiger partial charge in [-0.2, -0.15) is 0 Å². The fourth-order valence-corrected chi connectivity index (χ4v) is 2.31. The minimum atomic E-state index is -0.461. The summed E-state index contributed by atoms with van der Waals surface area (Å²) in [5, 5.41) is 0. The van der Waals surface area contributed by atoms with Gasteiger partial charge < -0.3 is 14.4 Å². The zero-order valence-electron chi connectivity index (χ0n) is 13.2. The third kappa shape index (κ3) is 4.70. The number of pyridine rings is 1. The van der Waals surface area contributed by atoms with Gasteiger partial charge in [0.05, 0.1) is 24.4 Å². The molecule has 0 aromatic carbocycles. The summed E-state index contributed by atoms with van der Waals surface area (Å²) < 4.78 is 11.4. The predicted molar refractivity (Wildman–Crippen MR) is 79.9 cm³/mol. The van der Waals surface area contributed by atoms with Gasteiger partial charge in [-0.05, 0) is 46.2 Å². The third-order valence-corrected chi connectivity index (χ3v) is 3.30. The van der Waals surface area contributed by atoms with Crippen LogP contribution in [-0.2, 0) is 9.47 Å². The number of ether oxygens (including phenoxy) is 2. The van der Waals surface area contributed by atoms with Crippen LogP contribution in [0.1, 0.15) is 45.9 Å². The monoisotopic (exact) mass is 292 g/mol. The second-order valence-electron chi connectivity index (χ2n) is 6.37. The third-order valence-electron chi connectivity index (χ3n) is 3.30. The zero-order valence-corrected chi connectivity index (χ0v) is 13.2. The Labute approximate surface area is 126 Å². The molecule has 1 aromatic heterocycles. The highest BCUT2D eigenvalue weighted by atomic mass is 16.6. The fourth-order valence-electron chi connectivity index (χ4n) is 2.31. The van der Waals surface area contributed by atoms with Crippen LogP contribution in [0.3, 0.4) is 0 Å². The normalized spacial score (nSPS) is 20.4. The van der Waals surface area contributed by atoms with Gasteiger partial charge in [0.1, 0.15) is 5.60 Å². The van der Waals surface area contributed by atoms with Crippen molar-refractivity contribution in [3.63, 3.8) is 0 Å². The Morgan fingerprint density at radius 1 is 1.43 bits per heavy atom. The number of hydrogen-bond donors (Lipinski definition) is 0. The van der Waals surface area contributed by atoms with E-state index in [1.54, 1.807) is 11.1 Å². The summed E-state index contributed by atoms with van der Waals surface area (Å²) in [6.45, 7) is 8.85. The Morgan fingerprint density at radius 2 is 2.19 bits per heavy atom. The molecule has 116 valence electrons. The van der Waals surface area contributed by atoms with E-state index in [0.717, 1.165) is 12.1 Å². The number of rotatable bonds is 3. The predicted octanol–water partition coefficient (Wildman–Crippen LogP) is 3.17. The van der Waals surface area contributed by atoms with Crippen LogP contribution in [0.5, 0.6) is 0 Å². The van der Waals surface area contributed by atoms with Crippen LogP contribution in [-0.4, -0.2) is 40.8 Å². The van der Waals surface area contributed by atoms with Crippen molar-refractivity contribution in [3.8, 4) is 0 Å². The van der Waals surface area contributed by atoms with Gasteiger partial charge in [-0.1, -0.05) is 6.07 Å². The number of amides is 1. The maximum absolute atomic E-state index is 12.0. The average molecular weight is 292 g/mol. The fraction of sp³-hybridized carbons (Fsp3) is 0.625. The lowest BCUT2D eigenvalue weighted by Gasteiger charge is -2.24. The summed E-state index contributed by atoms with van der Waals surface area (Å²) in [6, 6.07) is 5.78. The maximum Gasteiger partial charge on any atom is 0.410 e. The summed E-state index contributed by atoms with van der Waals surface area (Å²) in [4.78, 5) is 18.0. The first-order valence-corrected chi connectivity index (χ1v) is 7.39. The van der Waals surface area contributed by atoms with Crippen LogP contribution in [0.4, 0.5) is 4.79 Å². The van der Waals surface area contributed by atoms with Crippen LogP contribution in [0, 0.1) is 0 Å². The number of hydrogen-bond acceptors (Lipinski definition) is 4. The van der Waals surface area contributed by atoms with E-state index in [1.165, 1.54) is 0 Å². The standard InChI is InChI=1S/C16H24N2O3/c1-12(14-7-5-6-9-17-14)20-13-8-10-18(11-13)15(19)21-16(2,3)4/h5-7,9,12-13H,8,10-11H2,1-4H3/t12-,13-/m0/s1. The molecule has 5 heteroatoms. The first-order valence-electron chi connectivity index (χ1n) is 7.39. The van der Waals surface area contributed by atoms with Crippen molar-refractivity contribution < 1.29 is 14.3 Å². The van der Waals surface area contributed by atoms with Crippen LogP contribution < -0.4 is 0 Å². The van der Waals surface area contributed by atoms with E-state index in [1.807, 2.05) is 45.9 Å². The Morgan fingerprint density at radius 3 is 2.81 bits per heavy atom. The van der Waals surface area contributed by atoms with Gasteiger partial charge in [-0.25, -0.2) is 4.79 Å². The Hall–Kier alpha value is -1.62. The van der Waals surface area contributed by atoms with Crippen molar-refractivity contribution in [1.82, 2.24) is 9.88 Å². The molecule has 2 rings (SSSR count). The largest absolute Gasteiger partial charge is 0.444 e. The highest BCUT2D eigenvalue weighted by Crippen LogP contribution is 2.22. The molecule has 0 bridgehead atoms. The molecule has 2 heterocycles. The molecule has 1 aromatic rings. The first-order chi connectivity index (χ1) is 9.85. The van der Waals surface area contributed by atoms with Crippen LogP contribution in [0.25, 0.3) is 0 Å². The SMILES string of the molecule is C[C@H](O[C@H]1CCN(C(=O)OC(C)(C)C)C1)c1ccccn1. The number of likely N-dealkylation sites (tertiary alicyclic amines) is 1. The lowest BCUT2D eigenvalue weighted by Crippen LogP contribution is -2.36. The maximum atomic E-state index is 12.0. The van der Waals surface area contributed by atoms with Gasteiger partial charge >= 0.3 is 6.09 Å². The lowest BCUT2D eigenvalue weighted by atomic mass is 10.2. The molecule has 0 spiro atoms. The van der Waals surface area contributed by atoms with E-state index in [9.17, 15) is 4.79 Å². The number of nitrogens with zero attached hydrogens (tertiary/aromatic N) is 2. The van der Waals surface area contributed by atoms with Crippen molar-refractivity contribution in [2.45, 2.75) is 51.9 Å². The van der Waals surface area contributed by atoms with E-state index in [0.29, 0.717) is 13.1 Å². The second kappa shape index (κ2) is 6.43. The summed E-state index contributed by atoms with van der Waals surface area (Å²) in [7, 11) is 0. The van der Waals surface area contributed by atoms with Gasteiger partial charge in [0, 0.05) is 12.7 Å². The molecular weight excluding hydrogens is 268 g/mol. The molecule has 0 saturated carbocycles. The van der Waals surface area contributed by atoms with Crippen LogP contribution in [0.15, 0.2) is 24.4 Å². The minimum Gasteiger partial charge on any atom is -0.444 e. The quantitative estimate of drug-likeness (QED) is 0.858. The molecule has 2 atom stereocenters. The molecule has 1 amide bonds. The molecule has 1 saturated heterocycles. The van der Waals surface area contributed by atoms with Crippen molar-refractivity contribution in [2.75, 3.05) is 13.1 Å². The van der Waals surface area contributed by atoms with Crippen LogP contribution >= 0.6 is 0 Å². The molecule has 5 nitrogen and oxygen atoms in total. The summed E-state index contributed by atoms with van der Waals surface area (Å²) in [5.41, 5.74) is 0.449. The number of carbonyl (C=O) groups is 1. The lowest BCUT2D eigenvalue weighted by molar-refractivity contribution is -0.00557. The van der Waals surface area contributed by atoms with E-state index in [-0.39, 0.29) is 18.3 Å². The second-order valence-corrected chi connectivity index (χ2v) is 6.37. The van der Waals surface area contributed by atoms with Crippen molar-refractivity contribution in [3.05, 3.63) is 30.1 Å². The Kier molecular flexibility index (Phi) is 4.83. The first kappa shape index (κ1) is 15.8. The average Bonchev–Trinajstić information content (AvgIpc) is 2.86. The van der Waals surface area contributed by atoms with E-state index in [4.69, 9.17) is 9.47 Å². The Bertz CT molecular complexity index is 470. The van der Waals surface area contributed by atoms with Gasteiger partial charge in [0.2, 0.25) is 0 Å². The molecular formula is C16H24N2O3. The highest BCUT2D eigenvalue weighted by molar-refractivity contribution is 5.68. The number of carbonyl (C=O) groups excluding carboxylic acids is 1. The Balaban J connectivity index is 1.84. The van der Waals surface area contributed by atoms with Gasteiger partial charge in [-0.15, -0.1) is 0 Å². The molecule has 1 aliphatic rings. The topological polar surface area (TPSA) is 51.7 Å². The smallest absolute Gasteiger partial charge is 0.410 e. The van der Waals surface area contributed by atoms with Crippen molar-refractivity contribution >= 4 is 6.09 Å². The molecule has 0 N–H and O–H groups in total. The highest BCUT2D eigenvalue weighted by Gasteiger charge is 2.31. The van der Waals surface area contributed by atoms with Crippen molar-refractivity contribution in [1.29, 1.82) is 0 Å². The van der Waals surface area contributed by atoms with Crippen molar-refractivity contribution in [2.24, 2.45) is 0 Å². The minimum absolute atomic E-state index is 0.0366. The van der Waals surface area contributed by atoms with Gasteiger partial charge in [0.15, 0.2) is 0 Å². The molecule has 1 aliphatic heterocycles. The molecule has 1 fully saturated rings. The zero-order chi connectivity index (χ0) is 15.5. The summed E-state index contributed by atoms with van der Waals surface area (Å²) in [5.74, 6) is 0. The summed E-state index contributed by atoms with van der Waals surface area (Å²) in [6.07, 6.45) is 2.29. The van der Waals surface area contributed by atoms with Crippen LogP contribution in [0.2, 0.25) is 0 Å². The molecule has 21 heavy (non-hydrogen) atoms. The molecule has 0 aliphatic carbocycles. The van der Waals surface area contributed by atoms with Gasteiger partial charge in [0.25, 0.3) is 0 Å². The molecule has 0 radical (unpaired) electrons. The molecule has 0 unspecified atom stereocenters. The van der Waals surface area contributed by atoms with E-state index < -0.39 is 5.60 Å². The van der Waals surface area contributed by atoms with E-state index in [2.05, 4.69) is 4.98 Å². The number of aromatic nitrogens is 1. The van der Waals surface area contributed by atoms with Gasteiger partial charge in [-0.3, -0.25) is 4.98 Å². The van der Waals surface area contributed by atoms with E-state index >= 15 is 0 Å².